The van der Waals surface area contributed by atoms with Crippen molar-refractivity contribution >= 4 is 17.3 Å². The lowest BCUT2D eigenvalue weighted by Crippen LogP contribution is -2.17. The van der Waals surface area contributed by atoms with E-state index in [1.54, 1.807) is 42.6 Å². The number of benzene rings is 1. The molecular formula is C18H12ClNO2. The lowest BCUT2D eigenvalue weighted by Gasteiger charge is -2.09. The van der Waals surface area contributed by atoms with Crippen molar-refractivity contribution in [3.63, 3.8) is 0 Å². The van der Waals surface area contributed by atoms with Gasteiger partial charge in [0.1, 0.15) is 12.4 Å². The lowest BCUT2D eigenvalue weighted by molar-refractivity contribution is 0.305. The van der Waals surface area contributed by atoms with Gasteiger partial charge in [0.15, 0.2) is 0 Å². The first-order valence-corrected chi connectivity index (χ1v) is 7.08. The fraction of sp³-hybridized carbons (Fsp3) is 0.0556. The molecule has 0 spiro atoms. The summed E-state index contributed by atoms with van der Waals surface area (Å²) in [7, 11) is 0. The number of aromatic nitrogens is 1. The molecule has 1 heterocycles. The maximum absolute atomic E-state index is 12.1. The molecule has 1 aliphatic carbocycles. The Hall–Kier alpha value is -2.70. The minimum Gasteiger partial charge on any atom is -0.489 e. The van der Waals surface area contributed by atoms with E-state index in [4.69, 9.17) is 16.3 Å². The van der Waals surface area contributed by atoms with Crippen LogP contribution >= 0.6 is 11.6 Å². The molecule has 0 saturated heterocycles. The first-order valence-electron chi connectivity index (χ1n) is 6.70. The zero-order valence-electron chi connectivity index (χ0n) is 11.6. The second-order valence-electron chi connectivity index (χ2n) is 4.68. The summed E-state index contributed by atoms with van der Waals surface area (Å²) >= 11 is 5.84. The summed E-state index contributed by atoms with van der Waals surface area (Å²) in [5.41, 5.74) is 7.20. The zero-order chi connectivity index (χ0) is 15.4. The summed E-state index contributed by atoms with van der Waals surface area (Å²) < 4.78 is 7.16. The second-order valence-corrected chi connectivity index (χ2v) is 5.11. The van der Waals surface area contributed by atoms with Gasteiger partial charge in [0.2, 0.25) is 0 Å². The Morgan fingerprint density at radius 2 is 1.95 bits per heavy atom. The second kappa shape index (κ2) is 6.38. The van der Waals surface area contributed by atoms with Crippen molar-refractivity contribution in [3.05, 3.63) is 93.2 Å². The molecule has 1 aromatic heterocycles. The molecular weight excluding hydrogens is 298 g/mol. The van der Waals surface area contributed by atoms with E-state index < -0.39 is 0 Å². The van der Waals surface area contributed by atoms with E-state index in [0.717, 1.165) is 11.3 Å². The molecule has 0 saturated carbocycles. The predicted molar refractivity (Wildman–Crippen MR) is 86.9 cm³/mol. The van der Waals surface area contributed by atoms with Crippen LogP contribution in [0.1, 0.15) is 5.56 Å². The summed E-state index contributed by atoms with van der Waals surface area (Å²) in [4.78, 5) is 12.1. The summed E-state index contributed by atoms with van der Waals surface area (Å²) in [6.07, 6.45) is 6.90. The van der Waals surface area contributed by atoms with Gasteiger partial charge < -0.3 is 4.74 Å². The Balaban J connectivity index is 1.74. The summed E-state index contributed by atoms with van der Waals surface area (Å²) in [5.74, 6) is 0.530. The van der Waals surface area contributed by atoms with Crippen LogP contribution in [0.2, 0.25) is 5.02 Å². The Morgan fingerprint density at radius 1 is 1.14 bits per heavy atom. The van der Waals surface area contributed by atoms with Crippen molar-refractivity contribution < 1.29 is 4.74 Å². The van der Waals surface area contributed by atoms with E-state index in [-0.39, 0.29) is 5.56 Å². The number of nitrogens with zero attached hydrogens (tertiary/aromatic N) is 1. The molecule has 0 unspecified atom stereocenters. The van der Waals surface area contributed by atoms with Gasteiger partial charge in [-0.3, -0.25) is 9.36 Å². The van der Waals surface area contributed by atoms with Gasteiger partial charge >= 0.3 is 0 Å². The monoisotopic (exact) mass is 309 g/mol. The first kappa shape index (κ1) is 14.2. The minimum absolute atomic E-state index is 0.159. The van der Waals surface area contributed by atoms with Crippen molar-refractivity contribution in [1.29, 1.82) is 0 Å². The van der Waals surface area contributed by atoms with Crippen LogP contribution < -0.4 is 10.3 Å². The SMILES string of the molecule is O=c1cc(OCc2ccc(Cl)cc2)ccn1C1=CC=C=C=C1. The predicted octanol–water partition coefficient (Wildman–Crippen LogP) is 3.80. The van der Waals surface area contributed by atoms with Crippen LogP contribution in [-0.2, 0) is 6.61 Å². The minimum atomic E-state index is -0.159. The van der Waals surface area contributed by atoms with Gasteiger partial charge in [-0.2, -0.15) is 0 Å². The van der Waals surface area contributed by atoms with Crippen molar-refractivity contribution in [2.75, 3.05) is 0 Å². The summed E-state index contributed by atoms with van der Waals surface area (Å²) in [6, 6.07) is 10.6. The molecule has 108 valence electrons. The van der Waals surface area contributed by atoms with E-state index in [0.29, 0.717) is 17.4 Å². The van der Waals surface area contributed by atoms with Crippen LogP contribution in [0, 0.1) is 0 Å². The van der Waals surface area contributed by atoms with Crippen LogP contribution in [0.5, 0.6) is 5.75 Å². The number of ether oxygens (including phenoxy) is 1. The maximum atomic E-state index is 12.1. The van der Waals surface area contributed by atoms with Gasteiger partial charge in [0.25, 0.3) is 5.56 Å². The van der Waals surface area contributed by atoms with Gasteiger partial charge in [-0.1, -0.05) is 35.2 Å². The quantitative estimate of drug-likeness (QED) is 0.804. The molecule has 22 heavy (non-hydrogen) atoms. The van der Waals surface area contributed by atoms with Crippen LogP contribution in [-0.4, -0.2) is 4.57 Å². The van der Waals surface area contributed by atoms with E-state index >= 15 is 0 Å². The number of hydrogen-bond acceptors (Lipinski definition) is 2. The normalized spacial score (nSPS) is 12.3. The van der Waals surface area contributed by atoms with Gasteiger partial charge in [-0.05, 0) is 35.9 Å². The standard InChI is InChI=1S/C18H12ClNO2/c19-15-8-6-14(7-9-15)13-22-17-10-11-20(18(21)12-17)16-4-2-1-3-5-16/h2,4-12H,13H2. The molecule has 0 fully saturated rings. The van der Waals surface area contributed by atoms with Gasteiger partial charge in [-0.15, -0.1) is 0 Å². The Labute approximate surface area is 132 Å². The molecule has 0 N–H and O–H groups in total. The van der Waals surface area contributed by atoms with E-state index in [2.05, 4.69) is 11.5 Å². The molecule has 0 aliphatic heterocycles. The molecule has 0 bridgehead atoms. The highest BCUT2D eigenvalue weighted by Gasteiger charge is 2.03. The number of rotatable bonds is 4. The fourth-order valence-corrected chi connectivity index (χ4v) is 2.13. The van der Waals surface area contributed by atoms with Gasteiger partial charge in [-0.25, -0.2) is 0 Å². The number of allylic oxidation sites excluding steroid dienone is 4. The third-order valence-corrected chi connectivity index (χ3v) is 3.38. The third-order valence-electron chi connectivity index (χ3n) is 3.13. The van der Waals surface area contributed by atoms with E-state index in [1.807, 2.05) is 12.1 Å². The highest BCUT2D eigenvalue weighted by atomic mass is 35.5. The number of hydrogen-bond donors (Lipinski definition) is 0. The molecule has 3 nitrogen and oxygen atoms in total. The smallest absolute Gasteiger partial charge is 0.258 e. The van der Waals surface area contributed by atoms with Crippen LogP contribution in [0.4, 0.5) is 0 Å². The van der Waals surface area contributed by atoms with E-state index in [1.165, 1.54) is 10.6 Å². The van der Waals surface area contributed by atoms with Crippen molar-refractivity contribution in [2.45, 2.75) is 6.61 Å². The van der Waals surface area contributed by atoms with Crippen LogP contribution in [0.3, 0.4) is 0 Å². The average molecular weight is 310 g/mol. The summed E-state index contributed by atoms with van der Waals surface area (Å²) in [6.45, 7) is 0.384. The van der Waals surface area contributed by atoms with Crippen LogP contribution in [0.25, 0.3) is 5.70 Å². The topological polar surface area (TPSA) is 31.2 Å². The molecule has 3 rings (SSSR count). The third kappa shape index (κ3) is 3.30. The largest absolute Gasteiger partial charge is 0.489 e. The average Bonchev–Trinajstić information content (AvgIpc) is 2.55. The van der Waals surface area contributed by atoms with Crippen molar-refractivity contribution in [2.24, 2.45) is 0 Å². The zero-order valence-corrected chi connectivity index (χ0v) is 12.4. The molecule has 1 aliphatic rings. The molecule has 0 radical (unpaired) electrons. The lowest BCUT2D eigenvalue weighted by atomic mass is 10.2. The number of halogens is 1. The Kier molecular flexibility index (Phi) is 4.13. The Bertz CT molecular complexity index is 878. The van der Waals surface area contributed by atoms with Crippen molar-refractivity contribution in [3.8, 4) is 5.75 Å². The molecule has 1 aromatic carbocycles. The summed E-state index contributed by atoms with van der Waals surface area (Å²) in [5, 5.41) is 0.684. The first-order chi connectivity index (χ1) is 10.7. The molecule has 0 atom stereocenters. The van der Waals surface area contributed by atoms with Gasteiger partial charge in [0, 0.05) is 23.4 Å². The molecule has 2 aromatic rings. The number of pyridine rings is 1. The highest BCUT2D eigenvalue weighted by molar-refractivity contribution is 6.30. The highest BCUT2D eigenvalue weighted by Crippen LogP contribution is 2.14. The van der Waals surface area contributed by atoms with Crippen LogP contribution in [0.15, 0.2) is 77.1 Å². The molecule has 4 heteroatoms. The molecule has 0 amide bonds. The van der Waals surface area contributed by atoms with Gasteiger partial charge in [0.05, 0.1) is 5.70 Å². The fourth-order valence-electron chi connectivity index (χ4n) is 2.00. The Morgan fingerprint density at radius 3 is 2.64 bits per heavy atom. The maximum Gasteiger partial charge on any atom is 0.258 e. The van der Waals surface area contributed by atoms with E-state index in [9.17, 15) is 4.79 Å². The van der Waals surface area contributed by atoms with Crippen molar-refractivity contribution in [1.82, 2.24) is 4.57 Å².